The fraction of sp³-hybridized carbons (Fsp3) is 0.611. The van der Waals surface area contributed by atoms with Crippen molar-refractivity contribution in [3.8, 4) is 11.5 Å². The minimum Gasteiger partial charge on any atom is -0.497 e. The van der Waals surface area contributed by atoms with Gasteiger partial charge in [-0.05, 0) is 58.2 Å². The molecule has 23 heavy (non-hydrogen) atoms. The predicted octanol–water partition coefficient (Wildman–Crippen LogP) is 4.17. The van der Waals surface area contributed by atoms with Crippen LogP contribution in [0.15, 0.2) is 18.2 Å². The van der Waals surface area contributed by atoms with Crippen LogP contribution >= 0.6 is 0 Å². The molecule has 1 aromatic carbocycles. The molecule has 1 heterocycles. The van der Waals surface area contributed by atoms with Crippen molar-refractivity contribution >= 4 is 6.09 Å². The van der Waals surface area contributed by atoms with Gasteiger partial charge in [0, 0.05) is 12.1 Å². The van der Waals surface area contributed by atoms with Crippen LogP contribution in [0.3, 0.4) is 0 Å². The molecule has 1 unspecified atom stereocenters. The molecular weight excluding hydrogens is 294 g/mol. The minimum atomic E-state index is -0.502. The van der Waals surface area contributed by atoms with Crippen molar-refractivity contribution < 1.29 is 19.0 Å². The zero-order chi connectivity index (χ0) is 17.0. The van der Waals surface area contributed by atoms with Crippen LogP contribution in [0.5, 0.6) is 11.5 Å². The topological polar surface area (TPSA) is 48.0 Å². The van der Waals surface area contributed by atoms with E-state index in [1.54, 1.807) is 14.2 Å². The highest BCUT2D eigenvalue weighted by atomic mass is 16.6. The Morgan fingerprint density at radius 1 is 1.17 bits per heavy atom. The quantitative estimate of drug-likeness (QED) is 0.838. The number of nitrogens with zero attached hydrogens (tertiary/aromatic N) is 1. The molecule has 0 N–H and O–H groups in total. The maximum absolute atomic E-state index is 12.6. The molecule has 1 aliphatic rings. The number of likely N-dealkylation sites (tertiary alicyclic amines) is 1. The van der Waals surface area contributed by atoms with Crippen molar-refractivity contribution in [1.82, 2.24) is 4.90 Å². The first-order valence-electron chi connectivity index (χ1n) is 8.07. The number of hydrogen-bond donors (Lipinski definition) is 0. The number of amides is 1. The summed E-state index contributed by atoms with van der Waals surface area (Å²) in [5, 5.41) is 0. The molecule has 1 atom stereocenters. The Morgan fingerprint density at radius 2 is 1.91 bits per heavy atom. The zero-order valence-corrected chi connectivity index (χ0v) is 14.7. The second kappa shape index (κ2) is 7.11. The molecule has 0 radical (unpaired) electrons. The van der Waals surface area contributed by atoms with Crippen LogP contribution in [-0.2, 0) is 4.74 Å². The number of hydrogen-bond acceptors (Lipinski definition) is 4. The summed E-state index contributed by atoms with van der Waals surface area (Å²) in [7, 11) is 3.28. The number of rotatable bonds is 3. The summed E-state index contributed by atoms with van der Waals surface area (Å²) in [5.41, 5.74) is 0.467. The Hall–Kier alpha value is -1.91. The average molecular weight is 321 g/mol. The average Bonchev–Trinajstić information content (AvgIpc) is 2.52. The SMILES string of the molecule is COc1ccc(OC)c(C2CCCCN2C(=O)OC(C)(C)C)c1. The summed E-state index contributed by atoms with van der Waals surface area (Å²) in [6.07, 6.45) is 2.68. The Morgan fingerprint density at radius 3 is 2.52 bits per heavy atom. The zero-order valence-electron chi connectivity index (χ0n) is 14.7. The monoisotopic (exact) mass is 321 g/mol. The van der Waals surface area contributed by atoms with Gasteiger partial charge in [-0.15, -0.1) is 0 Å². The number of ether oxygens (including phenoxy) is 3. The summed E-state index contributed by atoms with van der Waals surface area (Å²) in [5.74, 6) is 1.53. The van der Waals surface area contributed by atoms with Gasteiger partial charge in [0.1, 0.15) is 17.1 Å². The molecule has 5 heteroatoms. The third-order valence-corrected chi connectivity index (χ3v) is 3.93. The van der Waals surface area contributed by atoms with Crippen molar-refractivity contribution in [3.05, 3.63) is 23.8 Å². The molecule has 1 aliphatic heterocycles. The smallest absolute Gasteiger partial charge is 0.410 e. The summed E-state index contributed by atoms with van der Waals surface area (Å²) in [4.78, 5) is 14.4. The van der Waals surface area contributed by atoms with E-state index in [0.29, 0.717) is 6.54 Å². The van der Waals surface area contributed by atoms with Gasteiger partial charge in [0.15, 0.2) is 0 Å². The first-order valence-corrected chi connectivity index (χ1v) is 8.07. The van der Waals surface area contributed by atoms with Gasteiger partial charge in [-0.25, -0.2) is 4.79 Å². The molecule has 0 aliphatic carbocycles. The lowest BCUT2D eigenvalue weighted by atomic mass is 9.94. The maximum Gasteiger partial charge on any atom is 0.410 e. The van der Waals surface area contributed by atoms with Gasteiger partial charge in [0.25, 0.3) is 0 Å². The molecule has 0 spiro atoms. The van der Waals surface area contributed by atoms with Gasteiger partial charge in [-0.1, -0.05) is 0 Å². The third kappa shape index (κ3) is 4.30. The second-order valence-electron chi connectivity index (χ2n) is 6.79. The number of benzene rings is 1. The number of piperidine rings is 1. The van der Waals surface area contributed by atoms with Crippen molar-refractivity contribution in [2.45, 2.75) is 51.7 Å². The highest BCUT2D eigenvalue weighted by Crippen LogP contribution is 2.38. The molecule has 5 nitrogen and oxygen atoms in total. The lowest BCUT2D eigenvalue weighted by Gasteiger charge is -2.37. The van der Waals surface area contributed by atoms with E-state index in [1.165, 1.54) is 0 Å². The fourth-order valence-electron chi connectivity index (χ4n) is 2.89. The third-order valence-electron chi connectivity index (χ3n) is 3.93. The second-order valence-corrected chi connectivity index (χ2v) is 6.79. The predicted molar refractivity (Wildman–Crippen MR) is 89.1 cm³/mol. The van der Waals surface area contributed by atoms with Gasteiger partial charge in [0.05, 0.1) is 20.3 Å². The van der Waals surface area contributed by atoms with E-state index in [0.717, 1.165) is 36.3 Å². The van der Waals surface area contributed by atoms with Crippen molar-refractivity contribution in [2.75, 3.05) is 20.8 Å². The van der Waals surface area contributed by atoms with Crippen LogP contribution in [0.25, 0.3) is 0 Å². The fourth-order valence-corrected chi connectivity index (χ4v) is 2.89. The van der Waals surface area contributed by atoms with Gasteiger partial charge in [0.2, 0.25) is 0 Å². The molecular formula is C18H27NO4. The van der Waals surface area contributed by atoms with Gasteiger partial charge < -0.3 is 19.1 Å². The Kier molecular flexibility index (Phi) is 5.39. The molecule has 1 aromatic rings. The Labute approximate surface area is 138 Å². The summed E-state index contributed by atoms with van der Waals surface area (Å²) < 4.78 is 16.4. The van der Waals surface area contributed by atoms with E-state index in [4.69, 9.17) is 14.2 Å². The van der Waals surface area contributed by atoms with E-state index in [9.17, 15) is 4.79 Å². The van der Waals surface area contributed by atoms with Crippen molar-refractivity contribution in [3.63, 3.8) is 0 Å². The molecule has 128 valence electrons. The van der Waals surface area contributed by atoms with Crippen molar-refractivity contribution in [2.24, 2.45) is 0 Å². The van der Waals surface area contributed by atoms with Crippen LogP contribution < -0.4 is 9.47 Å². The highest BCUT2D eigenvalue weighted by Gasteiger charge is 2.33. The van der Waals surface area contributed by atoms with Gasteiger partial charge in [-0.3, -0.25) is 0 Å². The summed E-state index contributed by atoms with van der Waals surface area (Å²) >= 11 is 0. The van der Waals surface area contributed by atoms with Crippen molar-refractivity contribution in [1.29, 1.82) is 0 Å². The van der Waals surface area contributed by atoms with E-state index in [2.05, 4.69) is 0 Å². The molecule has 1 saturated heterocycles. The summed E-state index contributed by atoms with van der Waals surface area (Å²) in [6, 6.07) is 5.65. The molecule has 0 saturated carbocycles. The molecule has 1 fully saturated rings. The largest absolute Gasteiger partial charge is 0.497 e. The first kappa shape index (κ1) is 17.4. The van der Waals surface area contributed by atoms with Gasteiger partial charge >= 0.3 is 6.09 Å². The Bertz CT molecular complexity index is 550. The van der Waals surface area contributed by atoms with Crippen LogP contribution in [0, 0.1) is 0 Å². The lowest BCUT2D eigenvalue weighted by molar-refractivity contribution is 0.00926. The summed E-state index contributed by atoms with van der Waals surface area (Å²) in [6.45, 7) is 6.35. The highest BCUT2D eigenvalue weighted by molar-refractivity contribution is 5.69. The van der Waals surface area contributed by atoms with E-state index < -0.39 is 5.60 Å². The molecule has 0 aromatic heterocycles. The maximum atomic E-state index is 12.6. The van der Waals surface area contributed by atoms with E-state index >= 15 is 0 Å². The number of methoxy groups -OCH3 is 2. The molecule has 1 amide bonds. The number of carbonyl (C=O) groups excluding carboxylic acids is 1. The Balaban J connectivity index is 2.32. The van der Waals surface area contributed by atoms with Crippen LogP contribution in [0.4, 0.5) is 4.79 Å². The van der Waals surface area contributed by atoms with Gasteiger partial charge in [-0.2, -0.15) is 0 Å². The molecule has 0 bridgehead atoms. The van der Waals surface area contributed by atoms with Crippen LogP contribution in [-0.4, -0.2) is 37.4 Å². The van der Waals surface area contributed by atoms with E-state index in [1.807, 2.05) is 43.9 Å². The number of carbonyl (C=O) groups is 1. The normalized spacial score (nSPS) is 18.5. The van der Waals surface area contributed by atoms with Crippen LogP contribution in [0.1, 0.15) is 51.6 Å². The lowest BCUT2D eigenvalue weighted by Crippen LogP contribution is -2.42. The van der Waals surface area contributed by atoms with Crippen LogP contribution in [0.2, 0.25) is 0 Å². The first-order chi connectivity index (χ1) is 10.9. The van der Waals surface area contributed by atoms with E-state index in [-0.39, 0.29) is 12.1 Å². The molecule has 2 rings (SSSR count). The standard InChI is InChI=1S/C18H27NO4/c1-18(2,3)23-17(20)19-11-7-6-8-15(19)14-12-13(21-4)9-10-16(14)22-5/h9-10,12,15H,6-8,11H2,1-5H3. The minimum absolute atomic E-state index is 0.0522.